The quantitative estimate of drug-likeness (QED) is 0.867. The molecule has 0 unspecified atom stereocenters. The Labute approximate surface area is 125 Å². The number of hydrogen-bond acceptors (Lipinski definition) is 3. The molecule has 0 bridgehead atoms. The van der Waals surface area contributed by atoms with E-state index in [2.05, 4.69) is 5.32 Å². The molecule has 4 nitrogen and oxygen atoms in total. The van der Waals surface area contributed by atoms with Crippen molar-refractivity contribution in [3.8, 4) is 0 Å². The average Bonchev–Trinajstić information content (AvgIpc) is 3.19. The summed E-state index contributed by atoms with van der Waals surface area (Å²) in [7, 11) is 0. The molecular weight excluding hydrogens is 266 g/mol. The minimum atomic E-state index is -0.641. The predicted octanol–water partition coefficient (Wildman–Crippen LogP) is 2.56. The summed E-state index contributed by atoms with van der Waals surface area (Å²) in [4.78, 5) is 24.4. The lowest BCUT2D eigenvalue weighted by atomic mass is 9.95. The normalized spacial score (nSPS) is 17.7. The lowest BCUT2D eigenvalue weighted by Gasteiger charge is -2.24. The van der Waals surface area contributed by atoms with Crippen LogP contribution >= 0.6 is 0 Å². The van der Waals surface area contributed by atoms with Crippen LogP contribution < -0.4 is 5.32 Å². The first kappa shape index (κ1) is 15.5. The fourth-order valence-corrected chi connectivity index (χ4v) is 2.31. The fraction of sp³-hybridized carbons (Fsp3) is 0.529. The van der Waals surface area contributed by atoms with Gasteiger partial charge in [-0.1, -0.05) is 30.3 Å². The second-order valence-electron chi connectivity index (χ2n) is 6.68. The van der Waals surface area contributed by atoms with Crippen LogP contribution in [0.1, 0.15) is 46.1 Å². The molecule has 114 valence electrons. The van der Waals surface area contributed by atoms with E-state index in [0.29, 0.717) is 0 Å². The zero-order valence-electron chi connectivity index (χ0n) is 13.1. The van der Waals surface area contributed by atoms with E-state index in [-0.39, 0.29) is 5.91 Å². The highest BCUT2D eigenvalue weighted by Crippen LogP contribution is 2.48. The van der Waals surface area contributed by atoms with Gasteiger partial charge in [0, 0.05) is 0 Å². The van der Waals surface area contributed by atoms with Crippen LogP contribution in [0.3, 0.4) is 0 Å². The topological polar surface area (TPSA) is 55.4 Å². The molecule has 1 N–H and O–H groups in total. The van der Waals surface area contributed by atoms with Gasteiger partial charge in [-0.2, -0.15) is 0 Å². The summed E-state index contributed by atoms with van der Waals surface area (Å²) < 4.78 is 5.29. The largest absolute Gasteiger partial charge is 0.458 e. The summed E-state index contributed by atoms with van der Waals surface area (Å²) in [6.07, 6.45) is 1.65. The predicted molar refractivity (Wildman–Crippen MR) is 80.8 cm³/mol. The number of ether oxygens (including phenoxy) is 1. The molecule has 0 heterocycles. The molecule has 0 radical (unpaired) electrons. The molecule has 1 aromatic rings. The molecule has 2 rings (SSSR count). The third-order valence-corrected chi connectivity index (χ3v) is 3.62. The number of amides is 1. The number of hydrogen-bond donors (Lipinski definition) is 1. The lowest BCUT2D eigenvalue weighted by Crippen LogP contribution is -2.46. The van der Waals surface area contributed by atoms with Crippen molar-refractivity contribution >= 4 is 11.9 Å². The summed E-state index contributed by atoms with van der Waals surface area (Å²) in [6.45, 7) is 7.09. The molecular formula is C17H23NO3. The van der Waals surface area contributed by atoms with Crippen molar-refractivity contribution in [3.63, 3.8) is 0 Å². The molecule has 1 aliphatic rings. The third-order valence-electron chi connectivity index (χ3n) is 3.62. The summed E-state index contributed by atoms with van der Waals surface area (Å²) in [5.74, 6) is -0.494. The van der Waals surface area contributed by atoms with Crippen molar-refractivity contribution in [1.29, 1.82) is 0 Å². The molecule has 4 heteroatoms. The Bertz CT molecular complexity index is 527. The van der Waals surface area contributed by atoms with E-state index in [4.69, 9.17) is 4.74 Å². The Morgan fingerprint density at radius 3 is 2.24 bits per heavy atom. The fourth-order valence-electron chi connectivity index (χ4n) is 2.31. The van der Waals surface area contributed by atoms with Crippen LogP contribution in [0.25, 0.3) is 0 Å². The van der Waals surface area contributed by atoms with Crippen molar-refractivity contribution in [1.82, 2.24) is 5.32 Å². The Morgan fingerprint density at radius 1 is 1.19 bits per heavy atom. The van der Waals surface area contributed by atoms with Gasteiger partial charge in [-0.05, 0) is 46.1 Å². The van der Waals surface area contributed by atoms with Crippen LogP contribution in [-0.4, -0.2) is 23.5 Å². The van der Waals surface area contributed by atoms with E-state index in [1.807, 2.05) is 51.1 Å². The van der Waals surface area contributed by atoms with Crippen LogP contribution in [-0.2, 0) is 19.7 Å². The first-order valence-electron chi connectivity index (χ1n) is 7.34. The van der Waals surface area contributed by atoms with Crippen LogP contribution in [0.15, 0.2) is 30.3 Å². The van der Waals surface area contributed by atoms with Gasteiger partial charge in [0.1, 0.15) is 11.6 Å². The van der Waals surface area contributed by atoms with E-state index < -0.39 is 23.0 Å². The molecule has 1 saturated carbocycles. The molecule has 1 amide bonds. The molecule has 1 atom stereocenters. The van der Waals surface area contributed by atoms with E-state index in [1.54, 1.807) is 6.92 Å². The molecule has 0 aliphatic heterocycles. The first-order valence-corrected chi connectivity index (χ1v) is 7.34. The first-order chi connectivity index (χ1) is 9.74. The number of benzene rings is 1. The van der Waals surface area contributed by atoms with Crippen molar-refractivity contribution in [3.05, 3.63) is 35.9 Å². The van der Waals surface area contributed by atoms with Gasteiger partial charge in [0.2, 0.25) is 5.91 Å². The van der Waals surface area contributed by atoms with Gasteiger partial charge in [0.25, 0.3) is 0 Å². The standard InChI is InChI=1S/C17H23NO3/c1-12(14(19)21-16(2,3)4)18-15(20)17(10-11-17)13-8-6-5-7-9-13/h5-9,12H,10-11H2,1-4H3,(H,18,20)/t12-/m1/s1. The van der Waals surface area contributed by atoms with Gasteiger partial charge in [-0.3, -0.25) is 4.79 Å². The molecule has 0 aromatic heterocycles. The molecule has 0 saturated heterocycles. The number of nitrogens with one attached hydrogen (secondary N) is 1. The summed E-state index contributed by atoms with van der Waals surface area (Å²) >= 11 is 0. The average molecular weight is 289 g/mol. The SMILES string of the molecule is C[C@@H](NC(=O)C1(c2ccccc2)CC1)C(=O)OC(C)(C)C. The Balaban J connectivity index is 2.00. The number of carbonyl (C=O) groups is 2. The zero-order chi connectivity index (χ0) is 15.7. The maximum Gasteiger partial charge on any atom is 0.328 e. The van der Waals surface area contributed by atoms with E-state index in [9.17, 15) is 9.59 Å². The van der Waals surface area contributed by atoms with Crippen molar-refractivity contribution in [2.75, 3.05) is 0 Å². The van der Waals surface area contributed by atoms with Crippen molar-refractivity contribution in [2.45, 2.75) is 57.6 Å². The van der Waals surface area contributed by atoms with Crippen LogP contribution in [0.5, 0.6) is 0 Å². The maximum absolute atomic E-state index is 12.5. The maximum atomic E-state index is 12.5. The smallest absolute Gasteiger partial charge is 0.328 e. The highest BCUT2D eigenvalue weighted by Gasteiger charge is 2.51. The molecule has 1 fully saturated rings. The van der Waals surface area contributed by atoms with Gasteiger partial charge in [-0.15, -0.1) is 0 Å². The highest BCUT2D eigenvalue weighted by atomic mass is 16.6. The second kappa shape index (κ2) is 5.51. The van der Waals surface area contributed by atoms with Gasteiger partial charge >= 0.3 is 5.97 Å². The summed E-state index contributed by atoms with van der Waals surface area (Å²) in [5, 5.41) is 2.79. The van der Waals surface area contributed by atoms with Crippen LogP contribution in [0.4, 0.5) is 0 Å². The van der Waals surface area contributed by atoms with Gasteiger partial charge in [0.15, 0.2) is 0 Å². The van der Waals surface area contributed by atoms with E-state index >= 15 is 0 Å². The Hall–Kier alpha value is -1.84. The Morgan fingerprint density at radius 2 is 1.76 bits per heavy atom. The van der Waals surface area contributed by atoms with Gasteiger partial charge in [0.05, 0.1) is 5.41 Å². The monoisotopic (exact) mass is 289 g/mol. The van der Waals surface area contributed by atoms with E-state index in [1.165, 1.54) is 0 Å². The summed E-state index contributed by atoms with van der Waals surface area (Å²) in [6, 6.07) is 9.08. The lowest BCUT2D eigenvalue weighted by molar-refractivity contribution is -0.158. The number of rotatable bonds is 4. The van der Waals surface area contributed by atoms with Crippen molar-refractivity contribution < 1.29 is 14.3 Å². The summed E-state index contributed by atoms with van der Waals surface area (Å²) in [5.41, 5.74) is 0.00324. The molecule has 0 spiro atoms. The minimum Gasteiger partial charge on any atom is -0.458 e. The molecule has 1 aromatic carbocycles. The van der Waals surface area contributed by atoms with Gasteiger partial charge in [-0.25, -0.2) is 4.79 Å². The highest BCUT2D eigenvalue weighted by molar-refractivity contribution is 5.94. The second-order valence-corrected chi connectivity index (χ2v) is 6.68. The van der Waals surface area contributed by atoms with Crippen LogP contribution in [0, 0.1) is 0 Å². The van der Waals surface area contributed by atoms with E-state index in [0.717, 1.165) is 18.4 Å². The zero-order valence-corrected chi connectivity index (χ0v) is 13.1. The molecule has 21 heavy (non-hydrogen) atoms. The number of esters is 1. The third kappa shape index (κ3) is 3.63. The van der Waals surface area contributed by atoms with Gasteiger partial charge < -0.3 is 10.1 Å². The molecule has 1 aliphatic carbocycles. The van der Waals surface area contributed by atoms with Crippen molar-refractivity contribution in [2.24, 2.45) is 0 Å². The van der Waals surface area contributed by atoms with Crippen LogP contribution in [0.2, 0.25) is 0 Å². The Kier molecular flexibility index (Phi) is 4.08. The minimum absolute atomic E-state index is 0.0907. The number of carbonyl (C=O) groups excluding carboxylic acids is 2.